The number of carbonyl (C=O) groups is 1. The van der Waals surface area contributed by atoms with Gasteiger partial charge in [-0.2, -0.15) is 0 Å². The summed E-state index contributed by atoms with van der Waals surface area (Å²) in [5.41, 5.74) is 1.45. The van der Waals surface area contributed by atoms with Crippen molar-refractivity contribution in [3.63, 3.8) is 0 Å². The van der Waals surface area contributed by atoms with Crippen molar-refractivity contribution in [2.45, 2.75) is 13.3 Å². The third-order valence-electron chi connectivity index (χ3n) is 1.74. The topological polar surface area (TPSA) is 17.1 Å². The number of hydrogen-bond donors (Lipinski definition) is 0. The normalized spacial score (nSPS) is 10.1. The Kier molecular flexibility index (Phi) is 3.60. The van der Waals surface area contributed by atoms with E-state index in [1.54, 1.807) is 12.1 Å². The number of rotatable bonds is 3. The lowest BCUT2D eigenvalue weighted by atomic mass is 10.1. The molecule has 0 unspecified atom stereocenters. The molecule has 13 heavy (non-hydrogen) atoms. The smallest absolute Gasteiger partial charge is 0.147 e. The fourth-order valence-electron chi connectivity index (χ4n) is 1.10. The Hall–Kier alpha value is -0.700. The fourth-order valence-corrected chi connectivity index (χ4v) is 1.30. The van der Waals surface area contributed by atoms with Crippen LogP contribution in [0.2, 0.25) is 0 Å². The fraction of sp³-hybridized carbons (Fsp3) is 0.300. The van der Waals surface area contributed by atoms with E-state index >= 15 is 0 Å². The molecule has 0 bridgehead atoms. The molecule has 1 aromatic rings. The highest BCUT2D eigenvalue weighted by Gasteiger charge is 2.06. The highest BCUT2D eigenvalue weighted by Crippen LogP contribution is 2.11. The third-order valence-corrected chi connectivity index (χ3v) is 2.36. The van der Waals surface area contributed by atoms with Crippen molar-refractivity contribution in [3.05, 3.63) is 35.1 Å². The van der Waals surface area contributed by atoms with Crippen LogP contribution in [0, 0.1) is 12.7 Å². The van der Waals surface area contributed by atoms with Crippen molar-refractivity contribution in [1.29, 1.82) is 0 Å². The van der Waals surface area contributed by atoms with Crippen LogP contribution in [0.15, 0.2) is 18.2 Å². The zero-order valence-corrected chi connectivity index (χ0v) is 8.90. The molecular formula is C10H10BrFO. The molecule has 0 saturated heterocycles. The summed E-state index contributed by atoms with van der Waals surface area (Å²) in [6.07, 6.45) is 0.165. The summed E-state index contributed by atoms with van der Waals surface area (Å²) in [6.45, 7) is 1.88. The molecule has 0 atom stereocenters. The zero-order chi connectivity index (χ0) is 9.84. The van der Waals surface area contributed by atoms with Gasteiger partial charge >= 0.3 is 0 Å². The van der Waals surface area contributed by atoms with Gasteiger partial charge in [0.2, 0.25) is 0 Å². The van der Waals surface area contributed by atoms with Gasteiger partial charge in [-0.15, -0.1) is 0 Å². The Morgan fingerprint density at radius 3 is 2.85 bits per heavy atom. The van der Waals surface area contributed by atoms with E-state index in [9.17, 15) is 9.18 Å². The van der Waals surface area contributed by atoms with Crippen LogP contribution in [-0.4, -0.2) is 11.1 Å². The van der Waals surface area contributed by atoms with Gasteiger partial charge in [0.15, 0.2) is 0 Å². The lowest BCUT2D eigenvalue weighted by Gasteiger charge is -2.01. The molecule has 0 amide bonds. The highest BCUT2D eigenvalue weighted by atomic mass is 79.9. The van der Waals surface area contributed by atoms with E-state index in [-0.39, 0.29) is 23.4 Å². The van der Waals surface area contributed by atoms with Crippen LogP contribution in [0.25, 0.3) is 0 Å². The standard InChI is InChI=1S/C10H10BrFO/c1-7-2-3-10(12)8(4-7)5-9(13)6-11/h2-4H,5-6H2,1H3. The van der Waals surface area contributed by atoms with Crippen molar-refractivity contribution in [2.75, 3.05) is 5.33 Å². The van der Waals surface area contributed by atoms with Crippen molar-refractivity contribution < 1.29 is 9.18 Å². The van der Waals surface area contributed by atoms with Crippen LogP contribution in [-0.2, 0) is 11.2 Å². The SMILES string of the molecule is Cc1ccc(F)c(CC(=O)CBr)c1. The summed E-state index contributed by atoms with van der Waals surface area (Å²) in [6, 6.07) is 4.79. The average molecular weight is 245 g/mol. The third kappa shape index (κ3) is 2.92. The molecule has 0 aliphatic heterocycles. The van der Waals surface area contributed by atoms with E-state index in [1.807, 2.05) is 6.92 Å². The molecule has 0 aliphatic carbocycles. The Morgan fingerprint density at radius 1 is 1.54 bits per heavy atom. The molecule has 3 heteroatoms. The molecule has 1 rings (SSSR count). The monoisotopic (exact) mass is 244 g/mol. The molecule has 0 aliphatic rings. The summed E-state index contributed by atoms with van der Waals surface area (Å²) in [4.78, 5) is 11.0. The number of hydrogen-bond acceptors (Lipinski definition) is 1. The second-order valence-corrected chi connectivity index (χ2v) is 3.50. The lowest BCUT2D eigenvalue weighted by Crippen LogP contribution is -2.05. The number of ketones is 1. The first-order valence-electron chi connectivity index (χ1n) is 3.96. The minimum atomic E-state index is -0.306. The first-order chi connectivity index (χ1) is 6.13. The Labute approximate surface area is 85.1 Å². The molecule has 0 radical (unpaired) electrons. The van der Waals surface area contributed by atoms with Crippen molar-refractivity contribution >= 4 is 21.7 Å². The Balaban J connectivity index is 2.87. The van der Waals surface area contributed by atoms with Gasteiger partial charge in [-0.1, -0.05) is 33.6 Å². The molecule has 70 valence electrons. The van der Waals surface area contributed by atoms with Crippen LogP contribution in [0.4, 0.5) is 4.39 Å². The van der Waals surface area contributed by atoms with Crippen LogP contribution in [0.5, 0.6) is 0 Å². The quantitative estimate of drug-likeness (QED) is 0.748. The van der Waals surface area contributed by atoms with Crippen molar-refractivity contribution in [3.8, 4) is 0 Å². The summed E-state index contributed by atoms with van der Waals surface area (Å²) in [5, 5.41) is 0.278. The first-order valence-corrected chi connectivity index (χ1v) is 5.08. The minimum absolute atomic E-state index is 0.00972. The summed E-state index contributed by atoms with van der Waals surface area (Å²) >= 11 is 3.04. The molecule has 1 nitrogen and oxygen atoms in total. The summed E-state index contributed by atoms with van der Waals surface area (Å²) in [7, 11) is 0. The first kappa shape index (κ1) is 10.4. The summed E-state index contributed by atoms with van der Waals surface area (Å²) < 4.78 is 13.1. The van der Waals surface area contributed by atoms with Gasteiger partial charge in [0, 0.05) is 6.42 Å². The van der Waals surface area contributed by atoms with Gasteiger partial charge in [-0.25, -0.2) is 4.39 Å². The van der Waals surface area contributed by atoms with E-state index in [4.69, 9.17) is 0 Å². The average Bonchev–Trinajstić information content (AvgIpc) is 2.11. The van der Waals surface area contributed by atoms with E-state index < -0.39 is 0 Å². The van der Waals surface area contributed by atoms with E-state index in [2.05, 4.69) is 15.9 Å². The van der Waals surface area contributed by atoms with Crippen LogP contribution >= 0.6 is 15.9 Å². The number of halogens is 2. The van der Waals surface area contributed by atoms with Crippen LogP contribution in [0.3, 0.4) is 0 Å². The molecule has 1 aromatic carbocycles. The largest absolute Gasteiger partial charge is 0.298 e. The Bertz CT molecular complexity index is 323. The maximum absolute atomic E-state index is 13.1. The second kappa shape index (κ2) is 4.51. The predicted molar refractivity (Wildman–Crippen MR) is 53.6 cm³/mol. The highest BCUT2D eigenvalue weighted by molar-refractivity contribution is 9.09. The van der Waals surface area contributed by atoms with E-state index in [0.29, 0.717) is 5.56 Å². The van der Waals surface area contributed by atoms with Gasteiger partial charge in [0.1, 0.15) is 11.6 Å². The van der Waals surface area contributed by atoms with Gasteiger partial charge in [0.25, 0.3) is 0 Å². The van der Waals surface area contributed by atoms with Crippen molar-refractivity contribution in [2.24, 2.45) is 0 Å². The van der Waals surface area contributed by atoms with Gasteiger partial charge in [-0.05, 0) is 18.6 Å². The minimum Gasteiger partial charge on any atom is -0.298 e. The van der Waals surface area contributed by atoms with E-state index in [0.717, 1.165) is 5.56 Å². The summed E-state index contributed by atoms with van der Waals surface area (Å²) in [5.74, 6) is -0.315. The Morgan fingerprint density at radius 2 is 2.23 bits per heavy atom. The van der Waals surface area contributed by atoms with Crippen LogP contribution in [0.1, 0.15) is 11.1 Å². The van der Waals surface area contributed by atoms with Crippen molar-refractivity contribution in [1.82, 2.24) is 0 Å². The number of carbonyl (C=O) groups excluding carboxylic acids is 1. The van der Waals surface area contributed by atoms with Gasteiger partial charge in [0.05, 0.1) is 5.33 Å². The zero-order valence-electron chi connectivity index (χ0n) is 7.31. The molecule has 0 fully saturated rings. The number of aryl methyl sites for hydroxylation is 1. The predicted octanol–water partition coefficient (Wildman–Crippen LogP) is 2.64. The van der Waals surface area contributed by atoms with Gasteiger partial charge in [-0.3, -0.25) is 4.79 Å². The van der Waals surface area contributed by atoms with E-state index in [1.165, 1.54) is 6.07 Å². The number of Topliss-reactive ketones (excluding diaryl/α,β-unsaturated/α-hetero) is 1. The molecular weight excluding hydrogens is 235 g/mol. The number of alkyl halides is 1. The van der Waals surface area contributed by atoms with Gasteiger partial charge < -0.3 is 0 Å². The maximum Gasteiger partial charge on any atom is 0.147 e. The second-order valence-electron chi connectivity index (χ2n) is 2.94. The maximum atomic E-state index is 13.1. The van der Waals surface area contributed by atoms with Crippen LogP contribution < -0.4 is 0 Å². The molecule has 0 heterocycles. The lowest BCUT2D eigenvalue weighted by molar-refractivity contribution is -0.115. The molecule has 0 saturated carbocycles. The molecule has 0 spiro atoms. The number of benzene rings is 1. The molecule has 0 N–H and O–H groups in total. The molecule has 0 aromatic heterocycles.